The lowest BCUT2D eigenvalue weighted by molar-refractivity contribution is -0.154. The Labute approximate surface area is 188 Å². The Kier molecular flexibility index (Phi) is 6.42. The van der Waals surface area contributed by atoms with Gasteiger partial charge in [0.25, 0.3) is 0 Å². The lowest BCUT2D eigenvalue weighted by atomic mass is 9.86. The fraction of sp³-hybridized carbons (Fsp3) is 0.269. The number of rotatable bonds is 6. The fourth-order valence-electron chi connectivity index (χ4n) is 4.45. The number of carboxylic acids is 1. The van der Waals surface area contributed by atoms with Gasteiger partial charge in [-0.1, -0.05) is 78.3 Å². The van der Waals surface area contributed by atoms with E-state index in [-0.39, 0.29) is 6.04 Å². The highest BCUT2D eigenvalue weighted by atomic mass is 35.5. The number of hydrogen-bond acceptors (Lipinski definition) is 3. The van der Waals surface area contributed by atoms with Crippen LogP contribution in [0.3, 0.4) is 0 Å². The third kappa shape index (κ3) is 4.52. The molecule has 1 fully saturated rings. The molecule has 0 bridgehead atoms. The number of hydrogen-bond donors (Lipinski definition) is 2. The zero-order valence-corrected chi connectivity index (χ0v) is 18.3. The van der Waals surface area contributed by atoms with Crippen LogP contribution in [0, 0.1) is 0 Å². The third-order valence-electron chi connectivity index (χ3n) is 6.28. The van der Waals surface area contributed by atoms with Crippen LogP contribution in [0.25, 0.3) is 11.1 Å². The van der Waals surface area contributed by atoms with Crippen molar-refractivity contribution in [1.82, 2.24) is 10.2 Å². The first-order chi connectivity index (χ1) is 15.0. The van der Waals surface area contributed by atoms with Gasteiger partial charge in [-0.2, -0.15) is 0 Å². The van der Waals surface area contributed by atoms with Gasteiger partial charge < -0.3 is 10.4 Å². The van der Waals surface area contributed by atoms with Gasteiger partial charge in [0.05, 0.1) is 0 Å². The first-order valence-corrected chi connectivity index (χ1v) is 11.0. The zero-order chi connectivity index (χ0) is 21.8. The normalized spacial score (nSPS) is 19.0. The third-order valence-corrected chi connectivity index (χ3v) is 6.53. The van der Waals surface area contributed by atoms with Gasteiger partial charge in [0.15, 0.2) is 0 Å². The maximum absolute atomic E-state index is 12.5. The smallest absolute Gasteiger partial charge is 0.328 e. The van der Waals surface area contributed by atoms with Crippen LogP contribution in [0.5, 0.6) is 0 Å². The summed E-state index contributed by atoms with van der Waals surface area (Å²) in [6.45, 7) is 4.05. The van der Waals surface area contributed by atoms with Gasteiger partial charge in [-0.3, -0.25) is 4.90 Å². The van der Waals surface area contributed by atoms with Gasteiger partial charge in [-0.25, -0.2) is 4.79 Å². The van der Waals surface area contributed by atoms with E-state index >= 15 is 0 Å². The Morgan fingerprint density at radius 1 is 1.03 bits per heavy atom. The molecule has 0 spiro atoms. The maximum Gasteiger partial charge on any atom is 0.328 e. The van der Waals surface area contributed by atoms with Crippen molar-refractivity contribution in [1.29, 1.82) is 0 Å². The van der Waals surface area contributed by atoms with Gasteiger partial charge in [0, 0.05) is 30.7 Å². The van der Waals surface area contributed by atoms with E-state index in [2.05, 4.69) is 34.5 Å². The van der Waals surface area contributed by atoms with Gasteiger partial charge >= 0.3 is 5.97 Å². The maximum atomic E-state index is 12.5. The highest BCUT2D eigenvalue weighted by Crippen LogP contribution is 2.32. The minimum Gasteiger partial charge on any atom is -0.480 e. The summed E-state index contributed by atoms with van der Waals surface area (Å²) in [5, 5.41) is 14.4. The van der Waals surface area contributed by atoms with Crippen LogP contribution in [0.1, 0.15) is 18.1 Å². The Bertz CT molecular complexity index is 1020. The second-order valence-corrected chi connectivity index (χ2v) is 8.64. The first kappa shape index (κ1) is 21.6. The van der Waals surface area contributed by atoms with Gasteiger partial charge in [-0.05, 0) is 47.7 Å². The number of benzene rings is 3. The molecular weight excluding hydrogens is 408 g/mol. The topological polar surface area (TPSA) is 52.6 Å². The number of piperazine rings is 1. The van der Waals surface area contributed by atoms with Crippen LogP contribution in [0.2, 0.25) is 5.02 Å². The molecule has 3 aromatic rings. The van der Waals surface area contributed by atoms with Crippen molar-refractivity contribution >= 4 is 17.6 Å². The molecule has 2 N–H and O–H groups in total. The molecule has 1 aliphatic rings. The molecule has 0 amide bonds. The number of halogens is 1. The minimum absolute atomic E-state index is 0.0800. The van der Waals surface area contributed by atoms with Crippen LogP contribution < -0.4 is 5.32 Å². The Morgan fingerprint density at radius 3 is 2.26 bits per heavy atom. The lowest BCUT2D eigenvalue weighted by Gasteiger charge is -2.46. The monoisotopic (exact) mass is 434 g/mol. The minimum atomic E-state index is -1.07. The summed E-state index contributed by atoms with van der Waals surface area (Å²) >= 11 is 6.00. The van der Waals surface area contributed by atoms with E-state index in [1.807, 2.05) is 61.5 Å². The second-order valence-electron chi connectivity index (χ2n) is 8.20. The Balaban J connectivity index is 1.58. The molecule has 3 aromatic carbocycles. The highest BCUT2D eigenvalue weighted by Gasteiger charge is 2.45. The van der Waals surface area contributed by atoms with Crippen molar-refractivity contribution in [2.75, 3.05) is 19.6 Å². The standard InChI is InChI=1S/C26H27ClN2O2/c1-26(25(30)31,22-5-3-2-4-6-22)29-16-15-28-18-24(29)17-19-7-9-20(10-8-19)21-11-13-23(27)14-12-21/h2-14,24,28H,15-18H2,1H3,(H,30,31). The van der Waals surface area contributed by atoms with Crippen molar-refractivity contribution in [2.24, 2.45) is 0 Å². The quantitative estimate of drug-likeness (QED) is 0.583. The second kappa shape index (κ2) is 9.23. The van der Waals surface area contributed by atoms with Crippen molar-refractivity contribution in [3.8, 4) is 11.1 Å². The summed E-state index contributed by atoms with van der Waals surface area (Å²) in [7, 11) is 0. The number of nitrogens with zero attached hydrogens (tertiary/aromatic N) is 1. The van der Waals surface area contributed by atoms with E-state index in [0.29, 0.717) is 6.54 Å². The zero-order valence-electron chi connectivity index (χ0n) is 17.6. The molecule has 1 aliphatic heterocycles. The molecule has 31 heavy (non-hydrogen) atoms. The molecule has 160 valence electrons. The molecule has 4 rings (SSSR count). The van der Waals surface area contributed by atoms with Gasteiger partial charge in [-0.15, -0.1) is 0 Å². The lowest BCUT2D eigenvalue weighted by Crippen LogP contribution is -2.62. The van der Waals surface area contributed by atoms with E-state index in [9.17, 15) is 9.90 Å². The largest absolute Gasteiger partial charge is 0.480 e. The molecule has 5 heteroatoms. The van der Waals surface area contributed by atoms with Gasteiger partial charge in [0.2, 0.25) is 0 Å². The predicted molar refractivity (Wildman–Crippen MR) is 125 cm³/mol. The summed E-state index contributed by atoms with van der Waals surface area (Å²) in [5.41, 5.74) is 3.19. The average molecular weight is 435 g/mol. The predicted octanol–water partition coefficient (Wildman–Crippen LogP) is 4.82. The molecule has 1 heterocycles. The van der Waals surface area contributed by atoms with Crippen LogP contribution in [-0.2, 0) is 16.8 Å². The van der Waals surface area contributed by atoms with Gasteiger partial charge in [0.1, 0.15) is 5.54 Å². The summed E-state index contributed by atoms with van der Waals surface area (Å²) in [5.74, 6) is -0.816. The van der Waals surface area contributed by atoms with Crippen molar-refractivity contribution < 1.29 is 9.90 Å². The molecule has 0 aliphatic carbocycles. The molecule has 1 saturated heterocycles. The number of carbonyl (C=O) groups is 1. The summed E-state index contributed by atoms with van der Waals surface area (Å²) < 4.78 is 0. The molecule has 0 saturated carbocycles. The summed E-state index contributed by atoms with van der Waals surface area (Å²) in [6, 6.07) is 26.0. The number of aliphatic carboxylic acids is 1. The van der Waals surface area contributed by atoms with E-state index in [1.165, 1.54) is 5.56 Å². The van der Waals surface area contributed by atoms with E-state index in [1.54, 1.807) is 0 Å². The molecule has 2 atom stereocenters. The number of nitrogens with one attached hydrogen (secondary N) is 1. The van der Waals surface area contributed by atoms with Crippen molar-refractivity contribution in [2.45, 2.75) is 24.9 Å². The number of carboxylic acid groups (broad SMARTS) is 1. The van der Waals surface area contributed by atoms with Crippen molar-refractivity contribution in [3.05, 3.63) is 95.0 Å². The molecule has 0 radical (unpaired) electrons. The molecule has 0 aromatic heterocycles. The molecule has 2 unspecified atom stereocenters. The fourth-order valence-corrected chi connectivity index (χ4v) is 4.58. The first-order valence-electron chi connectivity index (χ1n) is 10.6. The van der Waals surface area contributed by atoms with Crippen LogP contribution >= 0.6 is 11.6 Å². The Morgan fingerprint density at radius 2 is 1.65 bits per heavy atom. The van der Waals surface area contributed by atoms with Crippen molar-refractivity contribution in [3.63, 3.8) is 0 Å². The molecular formula is C26H27ClN2O2. The SMILES string of the molecule is CC(C(=O)O)(c1ccccc1)N1CCNCC1Cc1ccc(-c2ccc(Cl)cc2)cc1. The molecule has 4 nitrogen and oxygen atoms in total. The Hall–Kier alpha value is -2.66. The van der Waals surface area contributed by atoms with E-state index < -0.39 is 11.5 Å². The summed E-state index contributed by atoms with van der Waals surface area (Å²) in [4.78, 5) is 14.6. The average Bonchev–Trinajstić information content (AvgIpc) is 2.80. The van der Waals surface area contributed by atoms with E-state index in [4.69, 9.17) is 11.6 Å². The summed E-state index contributed by atoms with van der Waals surface area (Å²) in [6.07, 6.45) is 0.781. The van der Waals surface area contributed by atoms with Crippen LogP contribution in [0.15, 0.2) is 78.9 Å². The van der Waals surface area contributed by atoms with E-state index in [0.717, 1.165) is 41.2 Å². The van der Waals surface area contributed by atoms with Crippen LogP contribution in [-0.4, -0.2) is 41.7 Å². The highest BCUT2D eigenvalue weighted by molar-refractivity contribution is 6.30. The van der Waals surface area contributed by atoms with Crippen LogP contribution in [0.4, 0.5) is 0 Å².